The number of carboxylic acids is 1. The number of pyridine rings is 1. The molecule has 0 saturated carbocycles. The van der Waals surface area contributed by atoms with Crippen LogP contribution in [0.4, 0.5) is 13.2 Å². The highest BCUT2D eigenvalue weighted by Crippen LogP contribution is 2.28. The van der Waals surface area contributed by atoms with Crippen LogP contribution in [0.2, 0.25) is 0 Å². The molecule has 0 bridgehead atoms. The van der Waals surface area contributed by atoms with Gasteiger partial charge in [-0.1, -0.05) is 0 Å². The van der Waals surface area contributed by atoms with Crippen molar-refractivity contribution >= 4 is 12.0 Å². The first-order valence-electron chi connectivity index (χ1n) is 6.02. The van der Waals surface area contributed by atoms with E-state index in [9.17, 15) is 18.0 Å². The molecule has 114 valence electrons. The van der Waals surface area contributed by atoms with E-state index in [0.717, 1.165) is 24.3 Å². The van der Waals surface area contributed by atoms with Crippen LogP contribution >= 0.6 is 0 Å². The Hall–Kier alpha value is -2.83. The van der Waals surface area contributed by atoms with Crippen LogP contribution in [0.3, 0.4) is 0 Å². The molecule has 1 aromatic heterocycles. The van der Waals surface area contributed by atoms with Crippen LogP contribution in [-0.2, 0) is 4.74 Å². The molecule has 7 heteroatoms. The van der Waals surface area contributed by atoms with E-state index in [4.69, 9.17) is 5.11 Å². The Morgan fingerprint density at radius 3 is 2.36 bits per heavy atom. The van der Waals surface area contributed by atoms with Crippen LogP contribution in [0.15, 0.2) is 30.5 Å². The van der Waals surface area contributed by atoms with Gasteiger partial charge in [0.05, 0.1) is 18.9 Å². The van der Waals surface area contributed by atoms with E-state index in [-0.39, 0.29) is 5.56 Å². The highest BCUT2D eigenvalue weighted by molar-refractivity contribution is 5.86. The minimum absolute atomic E-state index is 0.162. The van der Waals surface area contributed by atoms with Crippen molar-refractivity contribution < 1.29 is 27.8 Å². The number of methoxy groups -OCH3 is 1. The minimum atomic E-state index is -1.43. The Kier molecular flexibility index (Phi) is 4.45. The highest BCUT2D eigenvalue weighted by atomic mass is 19.1. The fourth-order valence-corrected chi connectivity index (χ4v) is 1.80. The number of carbonyl (C=O) groups is 1. The van der Waals surface area contributed by atoms with Gasteiger partial charge in [0.2, 0.25) is 0 Å². The van der Waals surface area contributed by atoms with Gasteiger partial charge in [0, 0.05) is 0 Å². The average Bonchev–Trinajstić information content (AvgIpc) is 2.46. The first-order chi connectivity index (χ1) is 10.4. The summed E-state index contributed by atoms with van der Waals surface area (Å²) in [6.45, 7) is 0. The summed E-state index contributed by atoms with van der Waals surface area (Å²) in [7, 11) is 1.37. The second kappa shape index (κ2) is 6.30. The van der Waals surface area contributed by atoms with Gasteiger partial charge in [0.25, 0.3) is 0 Å². The van der Waals surface area contributed by atoms with Gasteiger partial charge in [-0.25, -0.2) is 22.9 Å². The van der Waals surface area contributed by atoms with Gasteiger partial charge in [0.15, 0.2) is 0 Å². The number of benzene rings is 1. The largest absolute Gasteiger partial charge is 0.504 e. The van der Waals surface area contributed by atoms with E-state index in [1.807, 2.05) is 0 Å². The predicted octanol–water partition coefficient (Wildman–Crippen LogP) is 3.48. The molecule has 0 amide bonds. The molecule has 4 nitrogen and oxygen atoms in total. The van der Waals surface area contributed by atoms with Crippen molar-refractivity contribution in [3.05, 3.63) is 59.2 Å². The lowest BCUT2D eigenvalue weighted by Gasteiger charge is -2.08. The molecule has 1 N–H and O–H groups in total. The Labute approximate surface area is 123 Å². The van der Waals surface area contributed by atoms with Gasteiger partial charge >= 0.3 is 5.97 Å². The summed E-state index contributed by atoms with van der Waals surface area (Å²) in [4.78, 5) is 14.3. The molecule has 0 aliphatic rings. The van der Waals surface area contributed by atoms with Gasteiger partial charge in [-0.2, -0.15) is 0 Å². The van der Waals surface area contributed by atoms with E-state index in [1.165, 1.54) is 19.4 Å². The smallest absolute Gasteiger partial charge is 0.354 e. The standard InChI is InChI=1S/C15H10F3NO3/c1-22-5-4-8-6-10(17)13(11(18)7-8)14-9(16)2-3-12(19-14)15(20)21/h2-7H,1H3,(H,20,21). The molecular weight excluding hydrogens is 299 g/mol. The molecule has 0 fully saturated rings. The summed E-state index contributed by atoms with van der Waals surface area (Å²) < 4.78 is 46.5. The number of aromatic nitrogens is 1. The van der Waals surface area contributed by atoms with E-state index >= 15 is 0 Å². The molecular formula is C15H10F3NO3. The van der Waals surface area contributed by atoms with Gasteiger partial charge in [-0.15, -0.1) is 0 Å². The van der Waals surface area contributed by atoms with E-state index in [2.05, 4.69) is 9.72 Å². The van der Waals surface area contributed by atoms with Crippen LogP contribution in [0, 0.1) is 17.5 Å². The van der Waals surface area contributed by atoms with Gasteiger partial charge < -0.3 is 9.84 Å². The third-order valence-electron chi connectivity index (χ3n) is 2.76. The first kappa shape index (κ1) is 15.6. The molecule has 0 radical (unpaired) electrons. The zero-order valence-electron chi connectivity index (χ0n) is 11.3. The van der Waals surface area contributed by atoms with Gasteiger partial charge in [0.1, 0.15) is 28.8 Å². The van der Waals surface area contributed by atoms with Crippen LogP contribution in [-0.4, -0.2) is 23.2 Å². The summed E-state index contributed by atoms with van der Waals surface area (Å²) in [6, 6.07) is 3.63. The molecule has 1 heterocycles. The zero-order chi connectivity index (χ0) is 16.3. The van der Waals surface area contributed by atoms with Crippen molar-refractivity contribution in [2.24, 2.45) is 0 Å². The summed E-state index contributed by atoms with van der Waals surface area (Å²) >= 11 is 0. The molecule has 2 aromatic rings. The zero-order valence-corrected chi connectivity index (χ0v) is 11.3. The van der Waals surface area contributed by atoms with Crippen molar-refractivity contribution in [3.8, 4) is 11.3 Å². The number of nitrogens with zero attached hydrogens (tertiary/aromatic N) is 1. The Bertz CT molecular complexity index is 737. The fourth-order valence-electron chi connectivity index (χ4n) is 1.80. The van der Waals surface area contributed by atoms with E-state index in [0.29, 0.717) is 0 Å². The molecule has 2 rings (SSSR count). The Morgan fingerprint density at radius 2 is 1.82 bits per heavy atom. The normalized spacial score (nSPS) is 10.9. The molecule has 22 heavy (non-hydrogen) atoms. The van der Waals surface area contributed by atoms with Crippen molar-refractivity contribution in [1.29, 1.82) is 0 Å². The minimum Gasteiger partial charge on any atom is -0.504 e. The predicted molar refractivity (Wildman–Crippen MR) is 72.5 cm³/mol. The van der Waals surface area contributed by atoms with Gasteiger partial charge in [-0.3, -0.25) is 0 Å². The summed E-state index contributed by atoms with van der Waals surface area (Å²) in [6.07, 6.45) is 2.53. The monoisotopic (exact) mass is 309 g/mol. The number of carboxylic acid groups (broad SMARTS) is 1. The van der Waals surface area contributed by atoms with Crippen molar-refractivity contribution in [3.63, 3.8) is 0 Å². The Morgan fingerprint density at radius 1 is 1.18 bits per heavy atom. The summed E-state index contributed by atoms with van der Waals surface area (Å²) in [5.74, 6) is -4.58. The van der Waals surface area contributed by atoms with Crippen LogP contribution in [0.1, 0.15) is 16.1 Å². The lowest BCUT2D eigenvalue weighted by atomic mass is 10.1. The topological polar surface area (TPSA) is 59.4 Å². The van der Waals surface area contributed by atoms with Crippen LogP contribution in [0.5, 0.6) is 0 Å². The number of aromatic carboxylic acids is 1. The van der Waals surface area contributed by atoms with Crippen molar-refractivity contribution in [2.75, 3.05) is 7.11 Å². The SMILES string of the molecule is COC=Cc1cc(F)c(-c2nc(C(=O)O)ccc2F)c(F)c1. The number of halogens is 3. The van der Waals surface area contributed by atoms with Gasteiger partial charge in [-0.05, 0) is 35.9 Å². The van der Waals surface area contributed by atoms with Crippen molar-refractivity contribution in [2.45, 2.75) is 0 Å². The summed E-state index contributed by atoms with van der Waals surface area (Å²) in [5.41, 5.74) is -1.78. The molecule has 0 aliphatic heterocycles. The lowest BCUT2D eigenvalue weighted by molar-refractivity contribution is 0.0690. The third kappa shape index (κ3) is 3.08. The Balaban J connectivity index is 2.60. The maximum absolute atomic E-state index is 14.1. The third-order valence-corrected chi connectivity index (χ3v) is 2.76. The van der Waals surface area contributed by atoms with E-state index in [1.54, 1.807) is 0 Å². The quantitative estimate of drug-likeness (QED) is 0.878. The van der Waals surface area contributed by atoms with Crippen LogP contribution in [0.25, 0.3) is 17.3 Å². The summed E-state index contributed by atoms with van der Waals surface area (Å²) in [5, 5.41) is 8.83. The number of rotatable bonds is 4. The van der Waals surface area contributed by atoms with Crippen molar-refractivity contribution in [1.82, 2.24) is 4.98 Å². The molecule has 1 aromatic carbocycles. The molecule has 0 unspecified atom stereocenters. The maximum Gasteiger partial charge on any atom is 0.354 e. The maximum atomic E-state index is 14.1. The number of ether oxygens (including phenoxy) is 1. The number of hydrogen-bond donors (Lipinski definition) is 1. The fraction of sp³-hybridized carbons (Fsp3) is 0.0667. The second-order valence-corrected chi connectivity index (χ2v) is 4.23. The molecule has 0 spiro atoms. The molecule has 0 atom stereocenters. The second-order valence-electron chi connectivity index (χ2n) is 4.23. The molecule has 0 aliphatic carbocycles. The number of hydrogen-bond acceptors (Lipinski definition) is 3. The van der Waals surface area contributed by atoms with E-state index < -0.39 is 40.4 Å². The lowest BCUT2D eigenvalue weighted by Crippen LogP contribution is -2.04. The molecule has 0 saturated heterocycles. The average molecular weight is 309 g/mol. The first-order valence-corrected chi connectivity index (χ1v) is 6.02. The van der Waals surface area contributed by atoms with Crippen LogP contribution < -0.4 is 0 Å². The highest BCUT2D eigenvalue weighted by Gasteiger charge is 2.20.